The average Bonchev–Trinajstić information content (AvgIpc) is 2.24. The summed E-state index contributed by atoms with van der Waals surface area (Å²) in [6.07, 6.45) is 0. The summed E-state index contributed by atoms with van der Waals surface area (Å²) >= 11 is 5.86. The molecule has 1 unspecified atom stereocenters. The summed E-state index contributed by atoms with van der Waals surface area (Å²) in [6.45, 7) is 6.75. The van der Waals surface area contributed by atoms with Crippen molar-refractivity contribution in [2.24, 2.45) is 0 Å². The summed E-state index contributed by atoms with van der Waals surface area (Å²) < 4.78 is 0. The molecule has 1 aromatic rings. The standard InChI is InChI=1S/C13H17ClN2O/c1-9-12(17)16(8-13(2,3)15-9)11-6-4-10(14)5-7-11/h4-7,9,15H,8H2,1-3H3. The van der Waals surface area contributed by atoms with E-state index in [2.05, 4.69) is 19.2 Å². The molecule has 1 amide bonds. The molecule has 1 fully saturated rings. The Hall–Kier alpha value is -1.06. The largest absolute Gasteiger partial charge is 0.309 e. The van der Waals surface area contributed by atoms with Gasteiger partial charge in [0.2, 0.25) is 5.91 Å². The molecule has 92 valence electrons. The van der Waals surface area contributed by atoms with E-state index >= 15 is 0 Å². The second-order valence-electron chi connectivity index (χ2n) is 5.15. The number of amides is 1. The van der Waals surface area contributed by atoms with Crippen LogP contribution in [0.1, 0.15) is 20.8 Å². The molecule has 1 atom stereocenters. The Kier molecular flexibility index (Phi) is 3.15. The summed E-state index contributed by atoms with van der Waals surface area (Å²) in [5.74, 6) is 0.103. The fourth-order valence-corrected chi connectivity index (χ4v) is 2.37. The molecule has 1 heterocycles. The summed E-state index contributed by atoms with van der Waals surface area (Å²) in [6, 6.07) is 7.23. The molecule has 3 nitrogen and oxygen atoms in total. The minimum Gasteiger partial charge on any atom is -0.309 e. The van der Waals surface area contributed by atoms with Gasteiger partial charge < -0.3 is 4.90 Å². The van der Waals surface area contributed by atoms with Gasteiger partial charge in [-0.05, 0) is 45.0 Å². The van der Waals surface area contributed by atoms with Crippen molar-refractivity contribution in [2.75, 3.05) is 11.4 Å². The van der Waals surface area contributed by atoms with Crippen LogP contribution in [-0.4, -0.2) is 24.0 Å². The number of hydrogen-bond acceptors (Lipinski definition) is 2. The van der Waals surface area contributed by atoms with Gasteiger partial charge in [-0.2, -0.15) is 0 Å². The van der Waals surface area contributed by atoms with Gasteiger partial charge in [0.1, 0.15) is 0 Å². The Morgan fingerprint density at radius 2 is 1.94 bits per heavy atom. The minimum absolute atomic E-state index is 0.0764. The third kappa shape index (κ3) is 2.61. The number of piperazine rings is 1. The molecule has 0 spiro atoms. The first-order valence-corrected chi connectivity index (χ1v) is 6.11. The molecule has 0 bridgehead atoms. The van der Waals surface area contributed by atoms with Gasteiger partial charge in [0.05, 0.1) is 6.04 Å². The van der Waals surface area contributed by atoms with E-state index in [1.165, 1.54) is 0 Å². The van der Waals surface area contributed by atoms with Crippen LogP contribution in [0.5, 0.6) is 0 Å². The monoisotopic (exact) mass is 252 g/mol. The summed E-state index contributed by atoms with van der Waals surface area (Å²) in [7, 11) is 0. The summed E-state index contributed by atoms with van der Waals surface area (Å²) in [5, 5.41) is 3.98. The van der Waals surface area contributed by atoms with Gasteiger partial charge in [0.15, 0.2) is 0 Å². The van der Waals surface area contributed by atoms with Gasteiger partial charge in [-0.25, -0.2) is 0 Å². The fraction of sp³-hybridized carbons (Fsp3) is 0.462. The van der Waals surface area contributed by atoms with Gasteiger partial charge in [-0.1, -0.05) is 11.6 Å². The van der Waals surface area contributed by atoms with E-state index < -0.39 is 0 Å². The van der Waals surface area contributed by atoms with Gasteiger partial charge in [0.25, 0.3) is 0 Å². The Morgan fingerprint density at radius 1 is 1.35 bits per heavy atom. The van der Waals surface area contributed by atoms with Crippen LogP contribution < -0.4 is 10.2 Å². The average molecular weight is 253 g/mol. The van der Waals surface area contributed by atoms with Crippen molar-refractivity contribution in [3.05, 3.63) is 29.3 Å². The highest BCUT2D eigenvalue weighted by Crippen LogP contribution is 2.24. The van der Waals surface area contributed by atoms with E-state index in [9.17, 15) is 4.79 Å². The van der Waals surface area contributed by atoms with E-state index in [1.54, 1.807) is 0 Å². The van der Waals surface area contributed by atoms with E-state index in [-0.39, 0.29) is 17.5 Å². The van der Waals surface area contributed by atoms with Crippen LogP contribution in [0, 0.1) is 0 Å². The zero-order chi connectivity index (χ0) is 12.6. The van der Waals surface area contributed by atoms with Gasteiger partial charge >= 0.3 is 0 Å². The zero-order valence-electron chi connectivity index (χ0n) is 10.3. The number of nitrogens with zero attached hydrogens (tertiary/aromatic N) is 1. The maximum Gasteiger partial charge on any atom is 0.243 e. The Morgan fingerprint density at radius 3 is 2.53 bits per heavy atom. The number of anilines is 1. The zero-order valence-corrected chi connectivity index (χ0v) is 11.1. The Balaban J connectivity index is 2.30. The van der Waals surface area contributed by atoms with Crippen molar-refractivity contribution in [1.82, 2.24) is 5.32 Å². The number of rotatable bonds is 1. The quantitative estimate of drug-likeness (QED) is 0.833. The lowest BCUT2D eigenvalue weighted by Crippen LogP contribution is -2.64. The molecule has 1 saturated heterocycles. The molecule has 0 radical (unpaired) electrons. The number of nitrogens with one attached hydrogen (secondary N) is 1. The highest BCUT2D eigenvalue weighted by atomic mass is 35.5. The van der Waals surface area contributed by atoms with E-state index in [0.717, 1.165) is 5.69 Å². The predicted molar refractivity (Wildman–Crippen MR) is 70.5 cm³/mol. The first-order chi connectivity index (χ1) is 7.89. The molecule has 0 saturated carbocycles. The number of benzene rings is 1. The van der Waals surface area contributed by atoms with Gasteiger partial charge in [-0.15, -0.1) is 0 Å². The van der Waals surface area contributed by atoms with E-state index in [0.29, 0.717) is 11.6 Å². The third-order valence-electron chi connectivity index (χ3n) is 2.94. The van der Waals surface area contributed by atoms with Crippen molar-refractivity contribution in [3.63, 3.8) is 0 Å². The predicted octanol–water partition coefficient (Wildman–Crippen LogP) is 2.44. The van der Waals surface area contributed by atoms with Crippen LogP contribution in [0.2, 0.25) is 5.02 Å². The first kappa shape index (κ1) is 12.4. The second-order valence-corrected chi connectivity index (χ2v) is 5.59. The van der Waals surface area contributed by atoms with Gasteiger partial charge in [0, 0.05) is 22.8 Å². The normalized spacial score (nSPS) is 23.9. The molecular formula is C13H17ClN2O. The second kappa shape index (κ2) is 4.31. The van der Waals surface area contributed by atoms with Crippen molar-refractivity contribution < 1.29 is 4.79 Å². The summed E-state index contributed by atoms with van der Waals surface area (Å²) in [4.78, 5) is 13.9. The van der Waals surface area contributed by atoms with Crippen LogP contribution >= 0.6 is 11.6 Å². The fourth-order valence-electron chi connectivity index (χ4n) is 2.24. The maximum atomic E-state index is 12.1. The van der Waals surface area contributed by atoms with Crippen molar-refractivity contribution in [1.29, 1.82) is 0 Å². The number of halogens is 1. The maximum absolute atomic E-state index is 12.1. The van der Waals surface area contributed by atoms with E-state index in [4.69, 9.17) is 11.6 Å². The van der Waals surface area contributed by atoms with Crippen molar-refractivity contribution in [3.8, 4) is 0 Å². The SMILES string of the molecule is CC1NC(C)(C)CN(c2ccc(Cl)cc2)C1=O. The van der Waals surface area contributed by atoms with Gasteiger partial charge in [-0.3, -0.25) is 10.1 Å². The molecule has 0 aliphatic carbocycles. The Bertz CT molecular complexity index is 428. The highest BCUT2D eigenvalue weighted by molar-refractivity contribution is 6.30. The molecule has 1 aromatic carbocycles. The smallest absolute Gasteiger partial charge is 0.243 e. The van der Waals surface area contributed by atoms with Crippen LogP contribution in [-0.2, 0) is 4.79 Å². The minimum atomic E-state index is -0.158. The van der Waals surface area contributed by atoms with E-state index in [1.807, 2.05) is 36.1 Å². The summed E-state index contributed by atoms with van der Waals surface area (Å²) in [5.41, 5.74) is 0.827. The lowest BCUT2D eigenvalue weighted by Gasteiger charge is -2.42. The number of carbonyl (C=O) groups excluding carboxylic acids is 1. The lowest BCUT2D eigenvalue weighted by molar-refractivity contribution is -0.122. The molecule has 17 heavy (non-hydrogen) atoms. The van der Waals surface area contributed by atoms with Crippen molar-refractivity contribution in [2.45, 2.75) is 32.4 Å². The molecular weight excluding hydrogens is 236 g/mol. The lowest BCUT2D eigenvalue weighted by atomic mass is 9.98. The molecule has 0 aromatic heterocycles. The molecule has 1 N–H and O–H groups in total. The topological polar surface area (TPSA) is 32.3 Å². The molecule has 4 heteroatoms. The van der Waals surface area contributed by atoms with Crippen LogP contribution in [0.3, 0.4) is 0 Å². The third-order valence-corrected chi connectivity index (χ3v) is 3.19. The van der Waals surface area contributed by atoms with Crippen LogP contribution in [0.4, 0.5) is 5.69 Å². The van der Waals surface area contributed by atoms with Crippen LogP contribution in [0.25, 0.3) is 0 Å². The van der Waals surface area contributed by atoms with Crippen molar-refractivity contribution >= 4 is 23.2 Å². The molecule has 1 aliphatic rings. The number of hydrogen-bond donors (Lipinski definition) is 1. The van der Waals surface area contributed by atoms with Crippen LogP contribution in [0.15, 0.2) is 24.3 Å². The number of carbonyl (C=O) groups is 1. The molecule has 2 rings (SSSR count). The highest BCUT2D eigenvalue weighted by Gasteiger charge is 2.36. The Labute approximate surface area is 107 Å². The molecule has 1 aliphatic heterocycles. The first-order valence-electron chi connectivity index (χ1n) is 5.74.